The summed E-state index contributed by atoms with van der Waals surface area (Å²) in [5.41, 5.74) is 1.09. The van der Waals surface area contributed by atoms with E-state index in [0.717, 1.165) is 5.56 Å². The molecular weight excluding hydrogens is 242 g/mol. The van der Waals surface area contributed by atoms with Crippen LogP contribution in [0.3, 0.4) is 0 Å². The van der Waals surface area contributed by atoms with Gasteiger partial charge in [-0.25, -0.2) is 0 Å². The van der Waals surface area contributed by atoms with Crippen LogP contribution < -0.4 is 5.32 Å². The minimum absolute atomic E-state index is 0.319. The van der Waals surface area contributed by atoms with Crippen molar-refractivity contribution in [2.45, 2.75) is 46.7 Å². The molecule has 1 heterocycles. The fourth-order valence-electron chi connectivity index (χ4n) is 1.98. The highest BCUT2D eigenvalue weighted by atomic mass is 16.4. The average Bonchev–Trinajstić information content (AvgIpc) is 2.75. The lowest BCUT2D eigenvalue weighted by molar-refractivity contribution is -0.142. The van der Waals surface area contributed by atoms with Crippen molar-refractivity contribution in [2.75, 3.05) is 6.54 Å². The number of carbonyl (C=O) groups is 1. The van der Waals surface area contributed by atoms with Crippen LogP contribution in [-0.4, -0.2) is 27.4 Å². The summed E-state index contributed by atoms with van der Waals surface area (Å²) < 4.78 is 1.90. The summed E-state index contributed by atoms with van der Waals surface area (Å²) in [6.45, 7) is 9.40. The Morgan fingerprint density at radius 2 is 2.11 bits per heavy atom. The van der Waals surface area contributed by atoms with E-state index in [1.807, 2.05) is 30.9 Å². The van der Waals surface area contributed by atoms with Crippen molar-refractivity contribution in [1.29, 1.82) is 0 Å². The smallest absolute Gasteiger partial charge is 0.307 e. The third-order valence-corrected chi connectivity index (χ3v) is 3.01. The maximum atomic E-state index is 11.1. The normalized spacial score (nSPS) is 13.2. The van der Waals surface area contributed by atoms with E-state index in [1.165, 1.54) is 0 Å². The molecule has 0 saturated carbocycles. The molecule has 1 unspecified atom stereocenters. The lowest BCUT2D eigenvalue weighted by atomic mass is 9.97. The fourth-order valence-corrected chi connectivity index (χ4v) is 1.98. The van der Waals surface area contributed by atoms with Gasteiger partial charge in [0.1, 0.15) is 0 Å². The number of rotatable bonds is 8. The monoisotopic (exact) mass is 267 g/mol. The molecule has 0 fully saturated rings. The molecule has 0 aliphatic carbocycles. The molecule has 0 aliphatic rings. The highest BCUT2D eigenvalue weighted by molar-refractivity contribution is 5.70. The van der Waals surface area contributed by atoms with E-state index in [0.29, 0.717) is 31.5 Å². The highest BCUT2D eigenvalue weighted by Crippen LogP contribution is 2.11. The first-order chi connectivity index (χ1) is 8.90. The first-order valence-electron chi connectivity index (χ1n) is 6.86. The molecular formula is C14H25N3O2. The van der Waals surface area contributed by atoms with Gasteiger partial charge < -0.3 is 10.4 Å². The van der Waals surface area contributed by atoms with Crippen LogP contribution >= 0.6 is 0 Å². The van der Waals surface area contributed by atoms with Crippen molar-refractivity contribution in [3.05, 3.63) is 18.0 Å². The van der Waals surface area contributed by atoms with Gasteiger partial charge >= 0.3 is 5.97 Å². The molecule has 0 radical (unpaired) electrons. The molecule has 0 spiro atoms. The standard InChI is InChI=1S/C14H25N3O2/c1-10(2)5-13(14(18)19)8-15-6-12-7-16-17(9-12)11(3)4/h7,9-11,13,15H,5-6,8H2,1-4H3,(H,18,19). The maximum Gasteiger partial charge on any atom is 0.307 e. The summed E-state index contributed by atoms with van der Waals surface area (Å²) in [5.74, 6) is -0.647. The molecule has 1 aromatic heterocycles. The van der Waals surface area contributed by atoms with Crippen LogP contribution in [0.4, 0.5) is 0 Å². The van der Waals surface area contributed by atoms with Gasteiger partial charge in [0.05, 0.1) is 12.1 Å². The molecule has 1 aromatic rings. The molecule has 0 saturated heterocycles. The number of nitrogens with zero attached hydrogens (tertiary/aromatic N) is 2. The molecule has 0 aliphatic heterocycles. The first-order valence-corrected chi connectivity index (χ1v) is 6.86. The number of aromatic nitrogens is 2. The Morgan fingerprint density at radius 3 is 2.58 bits per heavy atom. The predicted molar refractivity (Wildman–Crippen MR) is 74.9 cm³/mol. The zero-order valence-electron chi connectivity index (χ0n) is 12.3. The molecule has 19 heavy (non-hydrogen) atoms. The largest absolute Gasteiger partial charge is 0.481 e. The number of aliphatic carboxylic acids is 1. The Morgan fingerprint density at radius 1 is 1.42 bits per heavy atom. The second-order valence-electron chi connectivity index (χ2n) is 5.72. The summed E-state index contributed by atoms with van der Waals surface area (Å²) >= 11 is 0. The average molecular weight is 267 g/mol. The molecule has 5 heteroatoms. The van der Waals surface area contributed by atoms with E-state index < -0.39 is 5.97 Å². The van der Waals surface area contributed by atoms with Gasteiger partial charge in [-0.2, -0.15) is 5.10 Å². The van der Waals surface area contributed by atoms with E-state index in [2.05, 4.69) is 24.3 Å². The van der Waals surface area contributed by atoms with Crippen molar-refractivity contribution in [1.82, 2.24) is 15.1 Å². The topological polar surface area (TPSA) is 67.2 Å². The Labute approximate surface area is 115 Å². The predicted octanol–water partition coefficient (Wildman–Crippen LogP) is 2.30. The van der Waals surface area contributed by atoms with Gasteiger partial charge in [-0.1, -0.05) is 13.8 Å². The lowest BCUT2D eigenvalue weighted by Crippen LogP contribution is -2.29. The quantitative estimate of drug-likeness (QED) is 0.758. The summed E-state index contributed by atoms with van der Waals surface area (Å²) in [6.07, 6.45) is 4.52. The SMILES string of the molecule is CC(C)CC(CNCc1cnn(C(C)C)c1)C(=O)O. The molecule has 0 amide bonds. The van der Waals surface area contributed by atoms with Crippen LogP contribution in [0.15, 0.2) is 12.4 Å². The van der Waals surface area contributed by atoms with Crippen LogP contribution in [0, 0.1) is 11.8 Å². The van der Waals surface area contributed by atoms with Gasteiger partial charge in [0.25, 0.3) is 0 Å². The first kappa shape index (κ1) is 15.7. The van der Waals surface area contributed by atoms with E-state index in [4.69, 9.17) is 5.11 Å². The van der Waals surface area contributed by atoms with Crippen molar-refractivity contribution < 1.29 is 9.90 Å². The molecule has 1 rings (SSSR count). The van der Waals surface area contributed by atoms with Crippen molar-refractivity contribution in [3.8, 4) is 0 Å². The molecule has 2 N–H and O–H groups in total. The molecule has 0 bridgehead atoms. The second kappa shape index (κ2) is 7.28. The highest BCUT2D eigenvalue weighted by Gasteiger charge is 2.18. The maximum absolute atomic E-state index is 11.1. The van der Waals surface area contributed by atoms with Crippen LogP contribution in [0.2, 0.25) is 0 Å². The van der Waals surface area contributed by atoms with Gasteiger partial charge in [-0.05, 0) is 26.2 Å². The van der Waals surface area contributed by atoms with Crippen LogP contribution in [0.25, 0.3) is 0 Å². The van der Waals surface area contributed by atoms with Gasteiger partial charge in [0, 0.05) is 30.9 Å². The van der Waals surface area contributed by atoms with Gasteiger partial charge in [0.2, 0.25) is 0 Å². The van der Waals surface area contributed by atoms with Crippen LogP contribution in [-0.2, 0) is 11.3 Å². The van der Waals surface area contributed by atoms with Crippen molar-refractivity contribution in [3.63, 3.8) is 0 Å². The Hall–Kier alpha value is -1.36. The lowest BCUT2D eigenvalue weighted by Gasteiger charge is -2.15. The van der Waals surface area contributed by atoms with Gasteiger partial charge in [0.15, 0.2) is 0 Å². The molecule has 1 atom stereocenters. The third-order valence-electron chi connectivity index (χ3n) is 3.01. The fraction of sp³-hybridized carbons (Fsp3) is 0.714. The van der Waals surface area contributed by atoms with E-state index in [9.17, 15) is 4.79 Å². The zero-order valence-corrected chi connectivity index (χ0v) is 12.3. The van der Waals surface area contributed by atoms with Gasteiger partial charge in [-0.3, -0.25) is 9.48 Å². The molecule has 108 valence electrons. The van der Waals surface area contributed by atoms with Gasteiger partial charge in [-0.15, -0.1) is 0 Å². The zero-order chi connectivity index (χ0) is 14.4. The number of hydrogen-bond acceptors (Lipinski definition) is 3. The number of carboxylic acid groups (broad SMARTS) is 1. The third kappa shape index (κ3) is 5.42. The minimum Gasteiger partial charge on any atom is -0.481 e. The molecule has 0 aromatic carbocycles. The molecule has 5 nitrogen and oxygen atoms in total. The van der Waals surface area contributed by atoms with Crippen molar-refractivity contribution >= 4 is 5.97 Å². The second-order valence-corrected chi connectivity index (χ2v) is 5.72. The van der Waals surface area contributed by atoms with Crippen molar-refractivity contribution in [2.24, 2.45) is 11.8 Å². The van der Waals surface area contributed by atoms with E-state index >= 15 is 0 Å². The number of carboxylic acids is 1. The number of hydrogen-bond donors (Lipinski definition) is 2. The van der Waals surface area contributed by atoms with Crippen LogP contribution in [0.5, 0.6) is 0 Å². The number of nitrogens with one attached hydrogen (secondary N) is 1. The Bertz CT molecular complexity index is 399. The minimum atomic E-state index is -0.723. The summed E-state index contributed by atoms with van der Waals surface area (Å²) in [4.78, 5) is 11.1. The Kier molecular flexibility index (Phi) is 6.02. The van der Waals surface area contributed by atoms with Crippen LogP contribution in [0.1, 0.15) is 45.7 Å². The van der Waals surface area contributed by atoms with E-state index in [-0.39, 0.29) is 5.92 Å². The summed E-state index contributed by atoms with van der Waals surface area (Å²) in [5, 5.41) is 16.6. The summed E-state index contributed by atoms with van der Waals surface area (Å²) in [6, 6.07) is 0.349. The van der Waals surface area contributed by atoms with E-state index in [1.54, 1.807) is 0 Å². The summed E-state index contributed by atoms with van der Waals surface area (Å²) in [7, 11) is 0. The Balaban J connectivity index is 2.40.